The first-order valence-corrected chi connectivity index (χ1v) is 16.8. The fraction of sp³-hybridized carbons (Fsp3) is 0.600. The van der Waals surface area contributed by atoms with Gasteiger partial charge in [-0.3, -0.25) is 19.1 Å². The highest BCUT2D eigenvalue weighted by Gasteiger charge is 2.18. The van der Waals surface area contributed by atoms with Crippen molar-refractivity contribution in [2.24, 2.45) is 0 Å². The topological polar surface area (TPSA) is 165 Å². The molecule has 1 amide bonds. The molecule has 0 aliphatic rings. The Morgan fingerprint density at radius 1 is 0.870 bits per heavy atom. The Bertz CT molecular complexity index is 1350. The lowest BCUT2D eigenvalue weighted by Gasteiger charge is -2.10. The zero-order valence-corrected chi connectivity index (χ0v) is 27.6. The van der Waals surface area contributed by atoms with Gasteiger partial charge in [0.1, 0.15) is 5.82 Å². The van der Waals surface area contributed by atoms with Crippen molar-refractivity contribution in [3.05, 3.63) is 46.0 Å². The molecule has 0 atom stereocenters. The van der Waals surface area contributed by atoms with Crippen molar-refractivity contribution < 1.29 is 32.9 Å². The maximum Gasteiger partial charge on any atom is 0.280 e. The van der Waals surface area contributed by atoms with Crippen LogP contribution in [0.3, 0.4) is 0 Å². The summed E-state index contributed by atoms with van der Waals surface area (Å²) >= 11 is 6.80. The average molecular weight is 687 g/mol. The van der Waals surface area contributed by atoms with Crippen molar-refractivity contribution in [3.63, 3.8) is 0 Å². The molecule has 0 saturated heterocycles. The quantitative estimate of drug-likeness (QED) is 0.0646. The van der Waals surface area contributed by atoms with Crippen LogP contribution in [0.2, 0.25) is 0 Å². The number of unbranched alkanes of at least 4 members (excludes halogenated alkanes) is 3. The SMILES string of the molecule is Nc1nc2c(nc(SCC(=O)NCCOCCOCCOCCOCCOCCCCCCCl)n2Cc2ccc(F)cc2)c(=O)[nH]1. The molecule has 0 saturated carbocycles. The molecule has 46 heavy (non-hydrogen) atoms. The average Bonchev–Trinajstić information content (AvgIpc) is 3.38. The lowest BCUT2D eigenvalue weighted by molar-refractivity contribution is -0.118. The van der Waals surface area contributed by atoms with Crippen LogP contribution in [-0.4, -0.2) is 110 Å². The number of benzene rings is 1. The summed E-state index contributed by atoms with van der Waals surface area (Å²) in [6.07, 6.45) is 4.41. The van der Waals surface area contributed by atoms with Gasteiger partial charge < -0.3 is 34.7 Å². The van der Waals surface area contributed by atoms with Gasteiger partial charge in [0.25, 0.3) is 5.56 Å². The van der Waals surface area contributed by atoms with Gasteiger partial charge in [-0.2, -0.15) is 4.98 Å². The van der Waals surface area contributed by atoms with E-state index in [2.05, 4.69) is 20.3 Å². The molecular weight excluding hydrogens is 643 g/mol. The van der Waals surface area contributed by atoms with Gasteiger partial charge in [0.05, 0.1) is 71.8 Å². The molecule has 13 nitrogen and oxygen atoms in total. The molecule has 0 aliphatic heterocycles. The molecule has 1 aromatic carbocycles. The van der Waals surface area contributed by atoms with Crippen LogP contribution >= 0.6 is 23.4 Å². The first-order chi connectivity index (χ1) is 22.5. The van der Waals surface area contributed by atoms with E-state index in [0.29, 0.717) is 71.2 Å². The number of nitrogens with zero attached hydrogens (tertiary/aromatic N) is 3. The maximum absolute atomic E-state index is 13.4. The monoisotopic (exact) mass is 686 g/mol. The Hall–Kier alpha value is -2.79. The Morgan fingerprint density at radius 2 is 1.46 bits per heavy atom. The molecule has 2 aromatic heterocycles. The van der Waals surface area contributed by atoms with E-state index in [1.165, 1.54) is 12.1 Å². The Kier molecular flexibility index (Phi) is 18.6. The third-order valence-electron chi connectivity index (χ3n) is 6.40. The number of rotatable bonds is 26. The number of hydrogen-bond acceptors (Lipinski definition) is 11. The number of fused-ring (bicyclic) bond motifs is 1. The molecule has 3 aromatic rings. The van der Waals surface area contributed by atoms with Crippen LogP contribution in [0.4, 0.5) is 10.3 Å². The number of alkyl halides is 1. The fourth-order valence-corrected chi connectivity index (χ4v) is 5.12. The van der Waals surface area contributed by atoms with Crippen molar-refractivity contribution in [3.8, 4) is 0 Å². The molecular formula is C30H44ClFN6O7S. The third-order valence-corrected chi connectivity index (χ3v) is 7.65. The summed E-state index contributed by atoms with van der Waals surface area (Å²) in [6, 6.07) is 5.94. The predicted molar refractivity (Wildman–Crippen MR) is 175 cm³/mol. The number of nitrogen functional groups attached to an aromatic ring is 1. The molecule has 16 heteroatoms. The molecule has 0 radical (unpaired) electrons. The number of halogens is 2. The van der Waals surface area contributed by atoms with Crippen LogP contribution in [0.15, 0.2) is 34.2 Å². The minimum Gasteiger partial charge on any atom is -0.379 e. The minimum absolute atomic E-state index is 0.0513. The molecule has 0 fully saturated rings. The lowest BCUT2D eigenvalue weighted by atomic mass is 10.2. The molecule has 256 valence electrons. The van der Waals surface area contributed by atoms with Gasteiger partial charge in [-0.15, -0.1) is 11.6 Å². The standard InChI is InChI=1S/C30H44ClFN6O7S/c31-9-3-1-2-4-11-41-13-15-43-17-19-45-20-18-44-16-14-42-12-10-34-25(39)22-46-30-35-26-27(36-29(33)37-28(26)40)38(30)21-23-5-7-24(32)8-6-23/h5-8H,1-4,9-22H2,(H,34,39)(H3,33,36,37,40). The summed E-state index contributed by atoms with van der Waals surface area (Å²) in [5.74, 6) is 0.139. The van der Waals surface area contributed by atoms with E-state index in [0.717, 1.165) is 55.5 Å². The summed E-state index contributed by atoms with van der Waals surface area (Å²) in [5, 5.41) is 3.20. The fourth-order valence-electron chi connectivity index (χ4n) is 4.11. The zero-order valence-electron chi connectivity index (χ0n) is 26.0. The number of aromatic nitrogens is 4. The van der Waals surface area contributed by atoms with E-state index < -0.39 is 5.56 Å². The molecule has 0 spiro atoms. The number of anilines is 1. The van der Waals surface area contributed by atoms with Crippen molar-refractivity contribution in [2.75, 3.05) is 90.0 Å². The molecule has 0 bridgehead atoms. The Balaban J connectivity index is 1.19. The third kappa shape index (κ3) is 14.8. The van der Waals surface area contributed by atoms with E-state index in [9.17, 15) is 14.0 Å². The predicted octanol–water partition coefficient (Wildman–Crippen LogP) is 2.98. The normalized spacial score (nSPS) is 11.4. The van der Waals surface area contributed by atoms with E-state index in [-0.39, 0.29) is 41.1 Å². The lowest BCUT2D eigenvalue weighted by Crippen LogP contribution is -2.29. The number of thioether (sulfide) groups is 1. The zero-order chi connectivity index (χ0) is 32.8. The number of hydrogen-bond donors (Lipinski definition) is 3. The van der Waals surface area contributed by atoms with Gasteiger partial charge in [0.15, 0.2) is 16.3 Å². The molecule has 4 N–H and O–H groups in total. The number of H-pyrrole nitrogens is 1. The van der Waals surface area contributed by atoms with Gasteiger partial charge in [-0.05, 0) is 30.5 Å². The largest absolute Gasteiger partial charge is 0.379 e. The summed E-state index contributed by atoms with van der Waals surface area (Å²) in [4.78, 5) is 35.8. The molecule has 3 rings (SSSR count). The molecule has 0 unspecified atom stereocenters. The number of imidazole rings is 1. The summed E-state index contributed by atoms with van der Waals surface area (Å²) in [5.41, 5.74) is 6.41. The summed E-state index contributed by atoms with van der Waals surface area (Å²) in [7, 11) is 0. The minimum atomic E-state index is -0.483. The number of amides is 1. The second kappa shape index (κ2) is 22.7. The highest BCUT2D eigenvalue weighted by atomic mass is 35.5. The van der Waals surface area contributed by atoms with Gasteiger partial charge in [-0.1, -0.05) is 36.7 Å². The molecule has 0 aliphatic carbocycles. The van der Waals surface area contributed by atoms with Crippen LogP contribution in [0.5, 0.6) is 0 Å². The van der Waals surface area contributed by atoms with Crippen LogP contribution in [-0.2, 0) is 35.0 Å². The van der Waals surface area contributed by atoms with Crippen molar-refractivity contribution in [1.29, 1.82) is 0 Å². The maximum atomic E-state index is 13.4. The van der Waals surface area contributed by atoms with Crippen LogP contribution in [0.1, 0.15) is 31.2 Å². The first kappa shape index (κ1) is 37.7. The van der Waals surface area contributed by atoms with Crippen molar-refractivity contribution in [1.82, 2.24) is 24.8 Å². The van der Waals surface area contributed by atoms with Gasteiger partial charge in [-0.25, -0.2) is 9.37 Å². The number of nitrogens with two attached hydrogens (primary N) is 1. The van der Waals surface area contributed by atoms with Gasteiger partial charge >= 0.3 is 0 Å². The van der Waals surface area contributed by atoms with E-state index in [1.54, 1.807) is 16.7 Å². The van der Waals surface area contributed by atoms with Gasteiger partial charge in [0.2, 0.25) is 11.9 Å². The van der Waals surface area contributed by atoms with E-state index in [4.69, 9.17) is 41.0 Å². The summed E-state index contributed by atoms with van der Waals surface area (Å²) < 4.78 is 42.5. The number of carbonyl (C=O) groups excluding carboxylic acids is 1. The van der Waals surface area contributed by atoms with E-state index >= 15 is 0 Å². The number of ether oxygens (including phenoxy) is 5. The van der Waals surface area contributed by atoms with Crippen LogP contribution in [0, 0.1) is 5.82 Å². The van der Waals surface area contributed by atoms with Crippen LogP contribution < -0.4 is 16.6 Å². The smallest absolute Gasteiger partial charge is 0.280 e. The van der Waals surface area contributed by atoms with Crippen molar-refractivity contribution >= 4 is 46.4 Å². The number of carbonyl (C=O) groups is 1. The number of nitrogens with one attached hydrogen (secondary N) is 2. The highest BCUT2D eigenvalue weighted by molar-refractivity contribution is 7.99. The molecule has 2 heterocycles. The van der Waals surface area contributed by atoms with E-state index in [1.807, 2.05) is 0 Å². The number of aromatic amines is 1. The summed E-state index contributed by atoms with van der Waals surface area (Å²) in [6.45, 7) is 5.52. The second-order valence-corrected chi connectivity index (χ2v) is 11.4. The Morgan fingerprint density at radius 3 is 2.09 bits per heavy atom. The second-order valence-electron chi connectivity index (χ2n) is 10.0. The highest BCUT2D eigenvalue weighted by Crippen LogP contribution is 2.23. The van der Waals surface area contributed by atoms with Crippen LogP contribution in [0.25, 0.3) is 11.2 Å². The van der Waals surface area contributed by atoms with Crippen molar-refractivity contribution in [2.45, 2.75) is 37.4 Å². The Labute approximate surface area is 277 Å². The first-order valence-electron chi connectivity index (χ1n) is 15.3. The van der Waals surface area contributed by atoms with Gasteiger partial charge in [0, 0.05) is 19.0 Å².